The number of guanidine groups is 1. The van der Waals surface area contributed by atoms with Gasteiger partial charge >= 0.3 is 0 Å². The lowest BCUT2D eigenvalue weighted by molar-refractivity contribution is 0.0529. The zero-order valence-corrected chi connectivity index (χ0v) is 19.5. The standard InChI is InChI=1S/C19H31N5OS.HI/c1-3-20-19(23-13-17-5-4-10-26-17)22-12-16-6-7-18(21-11-16)24-8-9-25-15(2)14-24;/h6-7,11,15,17H,3-5,8-10,12-14H2,1-2H3,(H2,20,22,23);1H. The molecule has 152 valence electrons. The van der Waals surface area contributed by atoms with Crippen molar-refractivity contribution in [3.05, 3.63) is 23.9 Å². The van der Waals surface area contributed by atoms with Crippen molar-refractivity contribution < 1.29 is 4.74 Å². The quantitative estimate of drug-likeness (QED) is 0.352. The van der Waals surface area contributed by atoms with E-state index in [2.05, 4.69) is 58.3 Å². The Bertz CT molecular complexity index is 580. The third-order valence-corrected chi connectivity index (χ3v) is 6.06. The third-order valence-electron chi connectivity index (χ3n) is 4.66. The average Bonchev–Trinajstić information content (AvgIpc) is 3.18. The Morgan fingerprint density at radius 2 is 2.30 bits per heavy atom. The van der Waals surface area contributed by atoms with Gasteiger partial charge in [0.2, 0.25) is 0 Å². The number of pyridine rings is 1. The van der Waals surface area contributed by atoms with E-state index in [1.165, 1.54) is 18.6 Å². The lowest BCUT2D eigenvalue weighted by Gasteiger charge is -2.32. The van der Waals surface area contributed by atoms with Gasteiger partial charge < -0.3 is 20.3 Å². The second-order valence-electron chi connectivity index (χ2n) is 6.86. The van der Waals surface area contributed by atoms with Crippen molar-refractivity contribution >= 4 is 47.5 Å². The number of morpholine rings is 1. The molecule has 0 aliphatic carbocycles. The number of nitrogens with zero attached hydrogens (tertiary/aromatic N) is 3. The molecule has 2 aliphatic rings. The number of hydrogen-bond acceptors (Lipinski definition) is 5. The zero-order valence-electron chi connectivity index (χ0n) is 16.3. The molecular weight excluding hydrogens is 473 g/mol. The highest BCUT2D eigenvalue weighted by Gasteiger charge is 2.18. The lowest BCUT2D eigenvalue weighted by atomic mass is 10.2. The van der Waals surface area contributed by atoms with E-state index in [-0.39, 0.29) is 30.1 Å². The van der Waals surface area contributed by atoms with Gasteiger partial charge in [-0.05, 0) is 44.1 Å². The number of anilines is 1. The maximum atomic E-state index is 5.60. The topological polar surface area (TPSA) is 61.8 Å². The van der Waals surface area contributed by atoms with Crippen molar-refractivity contribution in [1.82, 2.24) is 15.6 Å². The Kier molecular flexibility index (Phi) is 9.99. The summed E-state index contributed by atoms with van der Waals surface area (Å²) in [5.74, 6) is 3.21. The first-order chi connectivity index (χ1) is 12.7. The molecule has 27 heavy (non-hydrogen) atoms. The number of nitrogens with one attached hydrogen (secondary N) is 2. The molecule has 0 spiro atoms. The number of ether oxygens (including phenoxy) is 1. The summed E-state index contributed by atoms with van der Waals surface area (Å²) in [6, 6.07) is 4.22. The van der Waals surface area contributed by atoms with Crippen LogP contribution in [0, 0.1) is 0 Å². The number of aliphatic imine (C=N–C) groups is 1. The van der Waals surface area contributed by atoms with Crippen LogP contribution in [-0.2, 0) is 11.3 Å². The van der Waals surface area contributed by atoms with Crippen LogP contribution in [0.1, 0.15) is 32.3 Å². The molecule has 0 bridgehead atoms. The molecule has 2 fully saturated rings. The van der Waals surface area contributed by atoms with Crippen molar-refractivity contribution in [2.45, 2.75) is 44.6 Å². The largest absolute Gasteiger partial charge is 0.375 e. The second-order valence-corrected chi connectivity index (χ2v) is 8.27. The van der Waals surface area contributed by atoms with E-state index in [1.807, 2.05) is 6.20 Å². The van der Waals surface area contributed by atoms with Crippen LogP contribution in [0.3, 0.4) is 0 Å². The fourth-order valence-corrected chi connectivity index (χ4v) is 4.45. The maximum Gasteiger partial charge on any atom is 0.191 e. The third kappa shape index (κ3) is 7.30. The minimum atomic E-state index is 0. The highest BCUT2D eigenvalue weighted by Crippen LogP contribution is 2.25. The monoisotopic (exact) mass is 505 g/mol. The predicted octanol–water partition coefficient (Wildman–Crippen LogP) is 2.88. The average molecular weight is 505 g/mol. The predicted molar refractivity (Wildman–Crippen MR) is 126 cm³/mol. The van der Waals surface area contributed by atoms with Crippen molar-refractivity contribution in [2.75, 3.05) is 43.4 Å². The SMILES string of the molecule is CCNC(=NCc1ccc(N2CCOC(C)C2)nc1)NCC1CCCS1.I. The molecule has 3 rings (SSSR count). The number of aromatic nitrogens is 1. The van der Waals surface area contributed by atoms with E-state index in [9.17, 15) is 0 Å². The Hall–Kier alpha value is -0.740. The lowest BCUT2D eigenvalue weighted by Crippen LogP contribution is -2.41. The molecule has 0 amide bonds. The number of halogens is 1. The first kappa shape index (κ1) is 22.5. The summed E-state index contributed by atoms with van der Waals surface area (Å²) in [5.41, 5.74) is 1.13. The Morgan fingerprint density at radius 1 is 1.41 bits per heavy atom. The van der Waals surface area contributed by atoms with Gasteiger partial charge in [-0.2, -0.15) is 11.8 Å². The molecule has 0 saturated carbocycles. The van der Waals surface area contributed by atoms with Crippen LogP contribution < -0.4 is 15.5 Å². The molecule has 2 N–H and O–H groups in total. The molecule has 0 aromatic carbocycles. The molecular formula is C19H32IN5OS. The van der Waals surface area contributed by atoms with Crippen LogP contribution in [0.4, 0.5) is 5.82 Å². The van der Waals surface area contributed by atoms with E-state index < -0.39 is 0 Å². The van der Waals surface area contributed by atoms with Crippen LogP contribution in [0.25, 0.3) is 0 Å². The first-order valence-electron chi connectivity index (χ1n) is 9.70. The zero-order chi connectivity index (χ0) is 18.2. The summed E-state index contributed by atoms with van der Waals surface area (Å²) in [5, 5.41) is 7.53. The molecule has 2 atom stereocenters. The normalized spacial score (nSPS) is 23.0. The smallest absolute Gasteiger partial charge is 0.191 e. The molecule has 1 aromatic heterocycles. The highest BCUT2D eigenvalue weighted by molar-refractivity contribution is 14.0. The van der Waals surface area contributed by atoms with Gasteiger partial charge in [0.05, 0.1) is 19.3 Å². The van der Waals surface area contributed by atoms with E-state index in [0.717, 1.165) is 55.4 Å². The fraction of sp³-hybridized carbons (Fsp3) is 0.684. The van der Waals surface area contributed by atoms with Crippen LogP contribution in [0.15, 0.2) is 23.3 Å². The van der Waals surface area contributed by atoms with Crippen LogP contribution in [0.2, 0.25) is 0 Å². The van der Waals surface area contributed by atoms with E-state index in [1.54, 1.807) is 0 Å². The Balaban J connectivity index is 0.00000261. The van der Waals surface area contributed by atoms with Gasteiger partial charge in [-0.1, -0.05) is 6.07 Å². The van der Waals surface area contributed by atoms with Crippen molar-refractivity contribution in [1.29, 1.82) is 0 Å². The molecule has 2 saturated heterocycles. The highest BCUT2D eigenvalue weighted by atomic mass is 127. The van der Waals surface area contributed by atoms with Gasteiger partial charge in [0, 0.05) is 37.6 Å². The number of rotatable bonds is 6. The molecule has 3 heterocycles. The number of hydrogen-bond donors (Lipinski definition) is 2. The fourth-order valence-electron chi connectivity index (χ4n) is 3.25. The maximum absolute atomic E-state index is 5.60. The molecule has 2 unspecified atom stereocenters. The van der Waals surface area contributed by atoms with E-state index in [4.69, 9.17) is 9.73 Å². The van der Waals surface area contributed by atoms with Gasteiger partial charge in [0.1, 0.15) is 5.82 Å². The minimum Gasteiger partial charge on any atom is -0.375 e. The second kappa shape index (κ2) is 12.0. The summed E-state index contributed by atoms with van der Waals surface area (Å²) in [6.45, 7) is 9.28. The molecule has 6 nitrogen and oxygen atoms in total. The van der Waals surface area contributed by atoms with Gasteiger partial charge in [-0.25, -0.2) is 9.98 Å². The Morgan fingerprint density at radius 3 is 2.96 bits per heavy atom. The first-order valence-corrected chi connectivity index (χ1v) is 10.7. The summed E-state index contributed by atoms with van der Waals surface area (Å²) in [7, 11) is 0. The molecule has 8 heteroatoms. The van der Waals surface area contributed by atoms with Crippen LogP contribution in [-0.4, -0.2) is 60.8 Å². The van der Waals surface area contributed by atoms with Gasteiger partial charge in [0.15, 0.2) is 5.96 Å². The van der Waals surface area contributed by atoms with Crippen molar-refractivity contribution in [2.24, 2.45) is 4.99 Å². The van der Waals surface area contributed by atoms with E-state index in [0.29, 0.717) is 6.54 Å². The summed E-state index contributed by atoms with van der Waals surface area (Å²) >= 11 is 2.06. The minimum absolute atomic E-state index is 0. The van der Waals surface area contributed by atoms with Gasteiger partial charge in [0.25, 0.3) is 0 Å². The Labute approximate surface area is 184 Å². The van der Waals surface area contributed by atoms with Crippen LogP contribution >= 0.6 is 35.7 Å². The number of thioether (sulfide) groups is 1. The molecule has 0 radical (unpaired) electrons. The van der Waals surface area contributed by atoms with E-state index >= 15 is 0 Å². The van der Waals surface area contributed by atoms with Crippen molar-refractivity contribution in [3.63, 3.8) is 0 Å². The molecule has 2 aliphatic heterocycles. The summed E-state index contributed by atoms with van der Waals surface area (Å²) < 4.78 is 5.60. The molecule has 1 aromatic rings. The van der Waals surface area contributed by atoms with Gasteiger partial charge in [-0.3, -0.25) is 0 Å². The summed E-state index contributed by atoms with van der Waals surface area (Å²) in [4.78, 5) is 11.6. The van der Waals surface area contributed by atoms with Gasteiger partial charge in [-0.15, -0.1) is 24.0 Å². The van der Waals surface area contributed by atoms with Crippen LogP contribution in [0.5, 0.6) is 0 Å². The summed E-state index contributed by atoms with van der Waals surface area (Å²) in [6.07, 6.45) is 4.85. The van der Waals surface area contributed by atoms with Crippen molar-refractivity contribution in [3.8, 4) is 0 Å².